The summed E-state index contributed by atoms with van der Waals surface area (Å²) in [7, 11) is -9.38. The van der Waals surface area contributed by atoms with Crippen LogP contribution in [0.15, 0.2) is 53.5 Å². The van der Waals surface area contributed by atoms with E-state index in [9.17, 15) is 0 Å². The molecule has 0 bridgehead atoms. The Morgan fingerprint density at radius 3 is 1.40 bits per heavy atom. The molecule has 0 aromatic heterocycles. The molecule has 0 saturated heterocycles. The van der Waals surface area contributed by atoms with E-state index in [1.165, 1.54) is 17.2 Å². The van der Waals surface area contributed by atoms with Crippen LogP contribution in [-0.4, -0.2) is 61.7 Å². The number of rotatable bonds is 10. The zero-order valence-electron chi connectivity index (χ0n) is 34.0. The minimum atomic E-state index is -2.92. The second-order valence-electron chi connectivity index (χ2n) is 22.0. The molecule has 7 heteroatoms. The van der Waals surface area contributed by atoms with Gasteiger partial charge in [-0.1, -0.05) is 0 Å². The maximum absolute atomic E-state index is 2.97. The van der Waals surface area contributed by atoms with Gasteiger partial charge < -0.3 is 0 Å². The minimum absolute atomic E-state index is 0.683. The van der Waals surface area contributed by atoms with E-state index < -0.39 is 61.7 Å². The molecule has 0 radical (unpaired) electrons. The molecule has 2 heterocycles. The molecular formula is C40H72GeSi6. The predicted molar refractivity (Wildman–Crippen MR) is 237 cm³/mol. The van der Waals surface area contributed by atoms with Gasteiger partial charge in [0.15, 0.2) is 0 Å². The fraction of sp³-hybridized carbons (Fsp3) is 0.600. The van der Waals surface area contributed by atoms with Crippen LogP contribution in [-0.2, 0) is 0 Å². The first-order valence-electron chi connectivity index (χ1n) is 18.7. The van der Waals surface area contributed by atoms with Crippen LogP contribution < -0.4 is 4.40 Å². The Morgan fingerprint density at radius 1 is 0.553 bits per heavy atom. The van der Waals surface area contributed by atoms with Gasteiger partial charge in [-0.05, 0) is 0 Å². The normalized spacial score (nSPS) is 21.1. The summed E-state index contributed by atoms with van der Waals surface area (Å²) < 4.78 is 2.69. The van der Waals surface area contributed by atoms with E-state index >= 15 is 0 Å². The van der Waals surface area contributed by atoms with Gasteiger partial charge in [-0.3, -0.25) is 0 Å². The van der Waals surface area contributed by atoms with Crippen molar-refractivity contribution in [3.05, 3.63) is 81.3 Å². The third kappa shape index (κ3) is 7.99. The Bertz CT molecular complexity index is 1420. The monoisotopic (exact) mass is 794 g/mol. The number of benzene rings is 2. The van der Waals surface area contributed by atoms with E-state index in [1.807, 2.05) is 15.5 Å². The van der Waals surface area contributed by atoms with Crippen LogP contribution >= 0.6 is 0 Å². The van der Waals surface area contributed by atoms with Gasteiger partial charge >= 0.3 is 303 Å². The Morgan fingerprint density at radius 2 is 0.979 bits per heavy atom. The standard InChI is InChI=1S/C40H72GeSi6/c1-42(2,3)38(43(4,5)6)32-29-34(39(44(7,8)9)45(10,11)12)37(35(30-32)40(46(13,14)15)47(16,17)18)41-27-22-21-25-36(41)33-24-20-19-23-31(33)26-28-41/h19-24,26,28-30,36,38-40H,25,27H2,1-18H3. The van der Waals surface area contributed by atoms with Crippen molar-refractivity contribution >= 4 is 72.2 Å². The number of hydrogen-bond donors (Lipinski definition) is 0. The van der Waals surface area contributed by atoms with Crippen molar-refractivity contribution in [1.29, 1.82) is 0 Å². The summed E-state index contributed by atoms with van der Waals surface area (Å²) in [5, 5.41) is 3.60. The van der Waals surface area contributed by atoms with Gasteiger partial charge in [0.1, 0.15) is 0 Å². The summed E-state index contributed by atoms with van der Waals surface area (Å²) >= 11 is -2.92. The molecule has 4 rings (SSSR count). The molecular weight excluding hydrogens is 722 g/mol. The van der Waals surface area contributed by atoms with E-state index in [-0.39, 0.29) is 0 Å². The van der Waals surface area contributed by atoms with E-state index in [0.29, 0.717) is 4.75 Å². The van der Waals surface area contributed by atoms with Crippen molar-refractivity contribution < 1.29 is 0 Å². The first-order chi connectivity index (χ1) is 21.1. The molecule has 0 amide bonds. The molecule has 0 saturated carbocycles. The van der Waals surface area contributed by atoms with Crippen molar-refractivity contribution in [2.24, 2.45) is 0 Å². The number of hydrogen-bond acceptors (Lipinski definition) is 0. The number of fused-ring (bicyclic) bond motifs is 3. The first kappa shape index (κ1) is 39.5. The fourth-order valence-electron chi connectivity index (χ4n) is 11.7. The van der Waals surface area contributed by atoms with Crippen LogP contribution in [0.5, 0.6) is 0 Å². The van der Waals surface area contributed by atoms with Gasteiger partial charge in [-0.2, -0.15) is 0 Å². The van der Waals surface area contributed by atoms with Crippen molar-refractivity contribution in [2.75, 3.05) is 0 Å². The summed E-state index contributed by atoms with van der Waals surface area (Å²) in [6.45, 7) is 48.8. The zero-order valence-corrected chi connectivity index (χ0v) is 42.1. The summed E-state index contributed by atoms with van der Waals surface area (Å²) in [5.74, 6) is 0. The molecule has 0 N–H and O–H groups in total. The van der Waals surface area contributed by atoms with Gasteiger partial charge in [0.25, 0.3) is 0 Å². The predicted octanol–water partition coefficient (Wildman–Crippen LogP) is 12.7. The average Bonchev–Trinajstić information content (AvgIpc) is 2.83. The molecule has 2 aromatic carbocycles. The third-order valence-electron chi connectivity index (χ3n) is 11.4. The van der Waals surface area contributed by atoms with Crippen molar-refractivity contribution in [3.63, 3.8) is 0 Å². The van der Waals surface area contributed by atoms with Crippen molar-refractivity contribution in [1.82, 2.24) is 0 Å². The van der Waals surface area contributed by atoms with Crippen LogP contribution in [0, 0.1) is 0 Å². The second kappa shape index (κ2) is 13.1. The Kier molecular flexibility index (Phi) is 11.0. The topological polar surface area (TPSA) is 0 Å². The molecule has 0 spiro atoms. The SMILES string of the molecule is C[Si](C)(C)C(c1cc(C([Si](C)(C)C)[Si](C)(C)C)[c]([Ge]23[CH]=Cc4ccccc4[CH]2CC=C[CH2]3)c(C([Si](C)(C)C)[Si](C)(C)C)c1)[Si](C)(C)C. The molecule has 0 fully saturated rings. The van der Waals surface area contributed by atoms with E-state index in [2.05, 4.69) is 177 Å². The van der Waals surface area contributed by atoms with E-state index in [0.717, 1.165) is 15.5 Å². The average molecular weight is 794 g/mol. The van der Waals surface area contributed by atoms with Gasteiger partial charge in [-0.15, -0.1) is 0 Å². The summed E-state index contributed by atoms with van der Waals surface area (Å²) in [4.78, 5) is 2.93. The van der Waals surface area contributed by atoms with E-state index in [1.54, 1.807) is 11.1 Å². The molecule has 0 aliphatic carbocycles. The van der Waals surface area contributed by atoms with Crippen LogP contribution in [0.4, 0.5) is 0 Å². The van der Waals surface area contributed by atoms with Gasteiger partial charge in [0.2, 0.25) is 0 Å². The third-order valence-corrected chi connectivity index (χ3v) is 49.7. The van der Waals surface area contributed by atoms with Gasteiger partial charge in [0, 0.05) is 0 Å². The maximum atomic E-state index is 2.97. The van der Waals surface area contributed by atoms with Crippen LogP contribution in [0.25, 0.3) is 6.08 Å². The molecule has 0 nitrogen and oxygen atoms in total. The zero-order chi connectivity index (χ0) is 35.8. The van der Waals surface area contributed by atoms with Gasteiger partial charge in [-0.25, -0.2) is 0 Å². The Balaban J connectivity index is 2.35. The van der Waals surface area contributed by atoms with Crippen molar-refractivity contribution in [3.8, 4) is 0 Å². The molecule has 2 aliphatic heterocycles. The second-order valence-corrected chi connectivity index (χ2v) is 64.1. The van der Waals surface area contributed by atoms with Crippen LogP contribution in [0.1, 0.15) is 54.5 Å². The Hall–Kier alpha value is -0.236. The van der Waals surface area contributed by atoms with E-state index in [4.69, 9.17) is 0 Å². The molecule has 2 atom stereocenters. The molecule has 2 aliphatic rings. The Labute approximate surface area is 301 Å². The summed E-state index contributed by atoms with van der Waals surface area (Å²) in [6, 6.07) is 15.5. The quantitative estimate of drug-likeness (QED) is 0.166. The van der Waals surface area contributed by atoms with Crippen LogP contribution in [0.3, 0.4) is 0 Å². The van der Waals surface area contributed by atoms with Crippen LogP contribution in [0.2, 0.25) is 123 Å². The number of allylic oxidation sites excluding steroid dienone is 2. The molecule has 2 unspecified atom stereocenters. The summed E-state index contributed by atoms with van der Waals surface area (Å²) in [5.41, 5.74) is 8.75. The van der Waals surface area contributed by atoms with Crippen molar-refractivity contribution in [2.45, 2.75) is 150 Å². The fourth-order valence-corrected chi connectivity index (χ4v) is 62.1. The summed E-state index contributed by atoms with van der Waals surface area (Å²) in [6.07, 6.45) is 9.06. The molecule has 47 heavy (non-hydrogen) atoms. The van der Waals surface area contributed by atoms with Gasteiger partial charge in [0.05, 0.1) is 0 Å². The molecule has 2 aromatic rings. The first-order valence-corrected chi connectivity index (χ1v) is 45.1. The molecule has 260 valence electrons.